The van der Waals surface area contributed by atoms with Gasteiger partial charge in [-0.1, -0.05) is 0 Å². The van der Waals surface area contributed by atoms with Crippen LogP contribution in [0.15, 0.2) is 0 Å². The third-order valence-electron chi connectivity index (χ3n) is 2.64. The van der Waals surface area contributed by atoms with Crippen LogP contribution in [0.4, 0.5) is 4.79 Å². The number of ether oxygens (including phenoxy) is 1. The van der Waals surface area contributed by atoms with Crippen molar-refractivity contribution in [1.82, 2.24) is 4.90 Å². The van der Waals surface area contributed by atoms with E-state index in [0.29, 0.717) is 19.4 Å². The Balaban J connectivity index is 2.55. The summed E-state index contributed by atoms with van der Waals surface area (Å²) in [6.45, 7) is 2.42. The van der Waals surface area contributed by atoms with Crippen LogP contribution in [-0.2, 0) is 9.53 Å². The van der Waals surface area contributed by atoms with Gasteiger partial charge in [-0.25, -0.2) is 0 Å². The molecule has 0 aromatic heterocycles. The molecule has 0 aromatic carbocycles. The quantitative estimate of drug-likeness (QED) is 0.383. The van der Waals surface area contributed by atoms with Gasteiger partial charge in [-0.3, -0.25) is 9.59 Å². The number of likely N-dealkylation sites (tertiary alicyclic amines) is 1. The maximum Gasteiger partial charge on any atom is 0.316 e. The predicted octanol–water partition coefficient (Wildman–Crippen LogP) is 1.62. The monoisotopic (exact) mass is 219 g/mol. The van der Waals surface area contributed by atoms with E-state index in [2.05, 4.69) is 4.74 Å². The van der Waals surface area contributed by atoms with Gasteiger partial charge in [-0.2, -0.15) is 0 Å². The van der Waals surface area contributed by atoms with Crippen LogP contribution < -0.4 is 0 Å². The molecule has 0 aliphatic carbocycles. The van der Waals surface area contributed by atoms with E-state index in [1.807, 2.05) is 6.92 Å². The Bertz CT molecular complexity index is 244. The van der Waals surface area contributed by atoms with Crippen molar-refractivity contribution < 1.29 is 14.3 Å². The molecule has 14 heavy (non-hydrogen) atoms. The van der Waals surface area contributed by atoms with Gasteiger partial charge in [0.2, 0.25) is 0 Å². The topological polar surface area (TPSA) is 46.6 Å². The lowest BCUT2D eigenvalue weighted by Gasteiger charge is -2.34. The predicted molar refractivity (Wildman–Crippen MR) is 52.2 cm³/mol. The number of nitrogens with zero attached hydrogens (tertiary/aromatic N) is 1. The van der Waals surface area contributed by atoms with Crippen molar-refractivity contribution in [3.05, 3.63) is 0 Å². The number of hydrogen-bond donors (Lipinski definition) is 0. The number of carbonyl (C=O) groups is 2. The third kappa shape index (κ3) is 2.38. The van der Waals surface area contributed by atoms with Crippen LogP contribution in [0.2, 0.25) is 0 Å². The number of amides is 1. The maximum absolute atomic E-state index is 11.2. The van der Waals surface area contributed by atoms with Gasteiger partial charge >= 0.3 is 11.3 Å². The van der Waals surface area contributed by atoms with Gasteiger partial charge in [-0.05, 0) is 31.4 Å². The second-order valence-corrected chi connectivity index (χ2v) is 3.86. The van der Waals surface area contributed by atoms with Crippen LogP contribution in [0.1, 0.15) is 19.8 Å². The summed E-state index contributed by atoms with van der Waals surface area (Å²) in [6.07, 6.45) is 1.26. The lowest BCUT2D eigenvalue weighted by Crippen LogP contribution is -2.44. The van der Waals surface area contributed by atoms with E-state index in [9.17, 15) is 9.59 Å². The minimum absolute atomic E-state index is 0.0119. The third-order valence-corrected chi connectivity index (χ3v) is 2.85. The van der Waals surface area contributed by atoms with E-state index >= 15 is 0 Å². The molecule has 2 atom stereocenters. The van der Waals surface area contributed by atoms with Crippen molar-refractivity contribution in [3.63, 3.8) is 0 Å². The fraction of sp³-hybridized carbons (Fsp3) is 0.778. The number of hydrogen-bond acceptors (Lipinski definition) is 3. The molecule has 0 saturated carbocycles. The first-order valence-electron chi connectivity index (χ1n) is 4.60. The van der Waals surface area contributed by atoms with Gasteiger partial charge < -0.3 is 9.64 Å². The number of rotatable bonds is 1. The van der Waals surface area contributed by atoms with Gasteiger partial charge in [0.15, 0.2) is 0 Å². The normalized spacial score (nSPS) is 27.2. The lowest BCUT2D eigenvalue weighted by molar-refractivity contribution is -0.147. The Morgan fingerprint density at radius 3 is 2.57 bits per heavy atom. The number of esters is 1. The van der Waals surface area contributed by atoms with Crippen molar-refractivity contribution in [1.29, 1.82) is 0 Å². The van der Waals surface area contributed by atoms with Crippen molar-refractivity contribution in [3.8, 4) is 0 Å². The Labute approximate surface area is 88.2 Å². The van der Waals surface area contributed by atoms with Gasteiger partial charge in [-0.15, -0.1) is 0 Å². The fourth-order valence-corrected chi connectivity index (χ4v) is 2.07. The van der Waals surface area contributed by atoms with Crippen LogP contribution in [0, 0.1) is 5.92 Å². The molecule has 0 spiro atoms. The van der Waals surface area contributed by atoms with Crippen LogP contribution in [0.5, 0.6) is 0 Å². The van der Waals surface area contributed by atoms with Gasteiger partial charge in [0.05, 0.1) is 13.0 Å². The Hall–Kier alpha value is -0.770. The Morgan fingerprint density at radius 2 is 2.14 bits per heavy atom. The molecular formula is C9H14ClNO3. The standard InChI is InChI=1S/C9H14ClNO3/c1-6-5-7(8(12)14-2)3-4-11(6)9(10)13/h6-7H,3-5H2,1-2H3/t6-,7-/m1/s1. The minimum Gasteiger partial charge on any atom is -0.469 e. The summed E-state index contributed by atoms with van der Waals surface area (Å²) in [5.74, 6) is -0.291. The number of halogens is 1. The molecule has 0 N–H and O–H groups in total. The molecule has 1 rings (SSSR count). The van der Waals surface area contributed by atoms with E-state index in [-0.39, 0.29) is 17.9 Å². The summed E-state index contributed by atoms with van der Waals surface area (Å²) in [5.41, 5.74) is 0. The first-order chi connectivity index (χ1) is 6.56. The molecule has 80 valence electrons. The van der Waals surface area contributed by atoms with Crippen LogP contribution in [-0.4, -0.2) is 35.9 Å². The van der Waals surface area contributed by atoms with Crippen molar-refractivity contribution in [2.24, 2.45) is 5.92 Å². The highest BCUT2D eigenvalue weighted by Gasteiger charge is 2.32. The number of carbonyl (C=O) groups excluding carboxylic acids is 2. The highest BCUT2D eigenvalue weighted by Crippen LogP contribution is 2.24. The van der Waals surface area contributed by atoms with E-state index in [1.165, 1.54) is 7.11 Å². The molecule has 0 unspecified atom stereocenters. The molecule has 0 bridgehead atoms. The molecule has 1 aliphatic rings. The van der Waals surface area contributed by atoms with Crippen molar-refractivity contribution >= 4 is 22.9 Å². The molecule has 1 aliphatic heterocycles. The van der Waals surface area contributed by atoms with E-state index < -0.39 is 5.37 Å². The van der Waals surface area contributed by atoms with E-state index in [4.69, 9.17) is 11.6 Å². The molecule has 1 amide bonds. The molecule has 5 heteroatoms. The first-order valence-corrected chi connectivity index (χ1v) is 4.98. The maximum atomic E-state index is 11.2. The molecule has 0 aromatic rings. The zero-order valence-electron chi connectivity index (χ0n) is 8.33. The lowest BCUT2D eigenvalue weighted by atomic mass is 9.92. The van der Waals surface area contributed by atoms with Gasteiger partial charge in [0, 0.05) is 12.6 Å². The van der Waals surface area contributed by atoms with Crippen molar-refractivity contribution in [2.75, 3.05) is 13.7 Å². The second kappa shape index (κ2) is 4.64. The Morgan fingerprint density at radius 1 is 1.50 bits per heavy atom. The summed E-state index contributed by atoms with van der Waals surface area (Å²) in [5, 5.41) is -0.444. The second-order valence-electron chi connectivity index (χ2n) is 3.54. The molecule has 4 nitrogen and oxygen atoms in total. The largest absolute Gasteiger partial charge is 0.469 e. The Kier molecular flexibility index (Phi) is 3.75. The zero-order chi connectivity index (χ0) is 10.7. The fourth-order valence-electron chi connectivity index (χ4n) is 1.81. The summed E-state index contributed by atoms with van der Waals surface area (Å²) < 4.78 is 4.66. The summed E-state index contributed by atoms with van der Waals surface area (Å²) in [6, 6.07) is 0.0119. The van der Waals surface area contributed by atoms with Crippen LogP contribution >= 0.6 is 11.6 Å². The van der Waals surface area contributed by atoms with E-state index in [0.717, 1.165) is 0 Å². The summed E-state index contributed by atoms with van der Waals surface area (Å²) in [4.78, 5) is 23.7. The van der Waals surface area contributed by atoms with Gasteiger partial charge in [0.1, 0.15) is 0 Å². The average Bonchev–Trinajstić information content (AvgIpc) is 2.15. The first kappa shape index (κ1) is 11.3. The van der Waals surface area contributed by atoms with Crippen LogP contribution in [0.3, 0.4) is 0 Å². The highest BCUT2D eigenvalue weighted by atomic mass is 35.5. The minimum atomic E-state index is -0.444. The molecular weight excluding hydrogens is 206 g/mol. The molecule has 1 heterocycles. The van der Waals surface area contributed by atoms with Crippen LogP contribution in [0.25, 0.3) is 0 Å². The zero-order valence-corrected chi connectivity index (χ0v) is 9.08. The van der Waals surface area contributed by atoms with E-state index in [1.54, 1.807) is 4.90 Å². The summed E-state index contributed by atoms with van der Waals surface area (Å²) >= 11 is 5.38. The average molecular weight is 220 g/mol. The molecule has 1 saturated heterocycles. The van der Waals surface area contributed by atoms with Gasteiger partial charge in [0.25, 0.3) is 0 Å². The number of piperidine rings is 1. The smallest absolute Gasteiger partial charge is 0.316 e. The summed E-state index contributed by atoms with van der Waals surface area (Å²) in [7, 11) is 1.38. The highest BCUT2D eigenvalue weighted by molar-refractivity contribution is 6.62. The molecule has 1 fully saturated rings. The van der Waals surface area contributed by atoms with Crippen molar-refractivity contribution in [2.45, 2.75) is 25.8 Å². The number of methoxy groups -OCH3 is 1. The molecule has 0 radical (unpaired) electrons. The SMILES string of the molecule is COC(=O)[C@@H]1CCN(C(=O)Cl)[C@H](C)C1.